The Hall–Kier alpha value is -3.88. The molecule has 1 aliphatic carbocycles. The number of guanidine groups is 3. The van der Waals surface area contributed by atoms with Crippen molar-refractivity contribution in [2.45, 2.75) is 5.92 Å². The van der Waals surface area contributed by atoms with Gasteiger partial charge < -0.3 is 0 Å². The molecule has 2 aromatic rings. The highest BCUT2D eigenvalue weighted by atomic mass is 19.1. The highest BCUT2D eigenvalue weighted by Crippen LogP contribution is 2.46. The Morgan fingerprint density at radius 3 is 2.00 bits per heavy atom. The molecule has 0 N–H and O–H groups in total. The summed E-state index contributed by atoms with van der Waals surface area (Å²) in [7, 11) is 0. The second kappa shape index (κ2) is 5.32. The first-order valence-electron chi connectivity index (χ1n) is 8.46. The van der Waals surface area contributed by atoms with Gasteiger partial charge in [-0.2, -0.15) is 9.98 Å². The topological polar surface area (TPSA) is 77.4 Å². The van der Waals surface area contributed by atoms with Crippen LogP contribution in [-0.4, -0.2) is 41.3 Å². The summed E-state index contributed by atoms with van der Waals surface area (Å²) in [6.45, 7) is 0. The third-order valence-corrected chi connectivity index (χ3v) is 4.92. The van der Waals surface area contributed by atoms with E-state index in [1.165, 1.54) is 36.9 Å². The smallest absolute Gasteiger partial charge is 0.213 e. The van der Waals surface area contributed by atoms with E-state index in [0.29, 0.717) is 34.8 Å². The fourth-order valence-corrected chi connectivity index (χ4v) is 3.79. The molecule has 0 radical (unpaired) electrons. The molecule has 0 fully saturated rings. The lowest BCUT2D eigenvalue weighted by atomic mass is 9.95. The van der Waals surface area contributed by atoms with Gasteiger partial charge in [-0.15, -0.1) is 0 Å². The molecule has 0 saturated heterocycles. The minimum atomic E-state index is -0.389. The summed E-state index contributed by atoms with van der Waals surface area (Å²) in [6.07, 6.45) is 2.74. The van der Waals surface area contributed by atoms with E-state index < -0.39 is 0 Å². The van der Waals surface area contributed by atoms with Crippen molar-refractivity contribution in [2.24, 2.45) is 30.0 Å². The zero-order chi connectivity index (χ0) is 18.8. The van der Waals surface area contributed by atoms with Crippen LogP contribution in [0.5, 0.6) is 0 Å². The van der Waals surface area contributed by atoms with Gasteiger partial charge in [-0.25, -0.2) is 33.7 Å². The van der Waals surface area contributed by atoms with Crippen LogP contribution < -0.4 is 0 Å². The van der Waals surface area contributed by atoms with Gasteiger partial charge in [0.25, 0.3) is 0 Å². The molecule has 0 unspecified atom stereocenters. The summed E-state index contributed by atoms with van der Waals surface area (Å²) in [5.74, 6) is 0.371. The Kier molecular flexibility index (Phi) is 2.89. The van der Waals surface area contributed by atoms with Crippen molar-refractivity contribution < 1.29 is 8.78 Å². The maximum absolute atomic E-state index is 13.9. The average molecular weight is 373 g/mol. The molecule has 0 amide bonds. The predicted octanol–water partition coefficient (Wildman–Crippen LogP) is 2.94. The zero-order valence-corrected chi connectivity index (χ0v) is 14.1. The maximum atomic E-state index is 13.9. The number of hydrogen-bond donors (Lipinski definition) is 0. The van der Waals surface area contributed by atoms with Crippen molar-refractivity contribution in [2.75, 3.05) is 0 Å². The van der Waals surface area contributed by atoms with Crippen molar-refractivity contribution in [3.63, 3.8) is 0 Å². The van der Waals surface area contributed by atoms with Crippen LogP contribution in [0.3, 0.4) is 0 Å². The monoisotopic (exact) mass is 373 g/mol. The van der Waals surface area contributed by atoms with Crippen LogP contribution >= 0.6 is 0 Å². The van der Waals surface area contributed by atoms with Crippen molar-refractivity contribution in [3.8, 4) is 11.1 Å². The number of aliphatic imine (C=N–C) groups is 6. The van der Waals surface area contributed by atoms with Gasteiger partial charge in [0.05, 0.1) is 5.92 Å². The van der Waals surface area contributed by atoms with Crippen molar-refractivity contribution in [1.82, 2.24) is 4.90 Å². The normalized spacial score (nSPS) is 18.7. The molecule has 7 nitrogen and oxygen atoms in total. The highest BCUT2D eigenvalue weighted by molar-refractivity contribution is 6.28. The quantitative estimate of drug-likeness (QED) is 0.757. The number of amidine groups is 1. The van der Waals surface area contributed by atoms with E-state index in [0.717, 1.165) is 11.1 Å². The van der Waals surface area contributed by atoms with Crippen LogP contribution in [-0.2, 0) is 0 Å². The fraction of sp³-hybridized carbons (Fsp3) is 0.0526. The molecule has 2 aromatic carbocycles. The van der Waals surface area contributed by atoms with Crippen LogP contribution in [0.25, 0.3) is 11.1 Å². The third-order valence-electron chi connectivity index (χ3n) is 4.92. The average Bonchev–Trinajstić information content (AvgIpc) is 3.01. The minimum Gasteiger partial charge on any atom is -0.213 e. The fourth-order valence-electron chi connectivity index (χ4n) is 3.79. The van der Waals surface area contributed by atoms with E-state index in [1.54, 1.807) is 17.0 Å². The van der Waals surface area contributed by atoms with Crippen LogP contribution in [0.15, 0.2) is 66.4 Å². The Bertz CT molecular complexity index is 1200. The van der Waals surface area contributed by atoms with Crippen molar-refractivity contribution in [1.29, 1.82) is 0 Å². The van der Waals surface area contributed by atoms with E-state index >= 15 is 0 Å². The Labute approximate surface area is 156 Å². The van der Waals surface area contributed by atoms with Gasteiger partial charge in [0.15, 0.2) is 0 Å². The van der Waals surface area contributed by atoms with Crippen molar-refractivity contribution >= 4 is 36.4 Å². The molecule has 3 heterocycles. The summed E-state index contributed by atoms with van der Waals surface area (Å²) in [5.41, 5.74) is 2.87. The molecule has 6 rings (SSSR count). The summed E-state index contributed by atoms with van der Waals surface area (Å²) in [5, 5.41) is 0. The highest BCUT2D eigenvalue weighted by Gasteiger charge is 2.38. The summed E-state index contributed by atoms with van der Waals surface area (Å²) < 4.78 is 27.8. The first kappa shape index (κ1) is 15.2. The first-order chi connectivity index (χ1) is 13.7. The summed E-state index contributed by atoms with van der Waals surface area (Å²) >= 11 is 0. The van der Waals surface area contributed by atoms with Gasteiger partial charge in [0.1, 0.15) is 30.1 Å². The molecule has 0 aromatic heterocycles. The second-order valence-electron chi connectivity index (χ2n) is 6.46. The lowest BCUT2D eigenvalue weighted by Gasteiger charge is -2.28. The second-order valence-corrected chi connectivity index (χ2v) is 6.46. The largest absolute Gasteiger partial charge is 0.242 e. The van der Waals surface area contributed by atoms with E-state index in [4.69, 9.17) is 0 Å². The number of nitrogens with zero attached hydrogens (tertiary/aromatic N) is 7. The standard InChI is InChI=1S/C19H9F2N7/c20-9-1-3-11-13(5-9)14-6-10(21)2-4-12(14)15(11)16-26-18-24-7-22-17-23-8-25-19(27-16)28(17)18/h1-8,15H. The molecule has 0 spiro atoms. The van der Waals surface area contributed by atoms with Crippen molar-refractivity contribution in [3.05, 3.63) is 59.2 Å². The first-order valence-corrected chi connectivity index (χ1v) is 8.46. The Morgan fingerprint density at radius 2 is 1.32 bits per heavy atom. The molecule has 134 valence electrons. The Morgan fingerprint density at radius 1 is 0.714 bits per heavy atom. The lowest BCUT2D eigenvalue weighted by molar-refractivity contribution is 0.626. The van der Waals surface area contributed by atoms with Crippen LogP contribution in [0.1, 0.15) is 17.0 Å². The molecular formula is C19H9F2N7. The van der Waals surface area contributed by atoms with Gasteiger partial charge in [-0.3, -0.25) is 0 Å². The van der Waals surface area contributed by atoms with E-state index in [1.807, 2.05) is 0 Å². The lowest BCUT2D eigenvalue weighted by Crippen LogP contribution is -2.46. The molecule has 0 bridgehead atoms. The SMILES string of the molecule is Fc1ccc2c(c1)-c1cc(F)ccc1C2C1=NC2=NC=NC3=NC=NC(=N1)N32. The predicted molar refractivity (Wildman–Crippen MR) is 102 cm³/mol. The third kappa shape index (κ3) is 2.01. The maximum Gasteiger partial charge on any atom is 0.242 e. The van der Waals surface area contributed by atoms with Gasteiger partial charge in [-0.1, -0.05) is 12.1 Å². The van der Waals surface area contributed by atoms with Gasteiger partial charge in [0.2, 0.25) is 17.9 Å². The van der Waals surface area contributed by atoms with E-state index in [9.17, 15) is 8.78 Å². The minimum absolute atomic E-state index is 0.352. The zero-order valence-electron chi connectivity index (χ0n) is 14.1. The molecule has 0 atom stereocenters. The molecule has 0 saturated carbocycles. The Balaban J connectivity index is 1.58. The van der Waals surface area contributed by atoms with Crippen LogP contribution in [0, 0.1) is 11.6 Å². The summed E-state index contributed by atoms with van der Waals surface area (Å²) in [6, 6.07) is 8.94. The van der Waals surface area contributed by atoms with Crippen LogP contribution in [0.2, 0.25) is 0 Å². The number of fused-ring (bicyclic) bond motifs is 3. The van der Waals surface area contributed by atoms with E-state index in [-0.39, 0.29) is 17.6 Å². The van der Waals surface area contributed by atoms with Gasteiger partial charge in [-0.05, 0) is 46.5 Å². The molecule has 4 aliphatic rings. The summed E-state index contributed by atoms with van der Waals surface area (Å²) in [4.78, 5) is 27.3. The number of benzene rings is 2. The van der Waals surface area contributed by atoms with Gasteiger partial charge in [0, 0.05) is 0 Å². The van der Waals surface area contributed by atoms with Gasteiger partial charge >= 0.3 is 0 Å². The number of hydrogen-bond acceptors (Lipinski definition) is 7. The van der Waals surface area contributed by atoms with E-state index in [2.05, 4.69) is 30.0 Å². The molecule has 3 aliphatic heterocycles. The molecular weight excluding hydrogens is 364 g/mol. The molecule has 28 heavy (non-hydrogen) atoms. The molecule has 9 heteroatoms. The number of halogens is 2. The van der Waals surface area contributed by atoms with Crippen LogP contribution in [0.4, 0.5) is 8.78 Å². The number of rotatable bonds is 1.